The minimum atomic E-state index is -3.51. The number of anilines is 1. The van der Waals surface area contributed by atoms with Crippen LogP contribution in [0.4, 0.5) is 5.69 Å². The predicted molar refractivity (Wildman–Crippen MR) is 143 cm³/mol. The van der Waals surface area contributed by atoms with Crippen molar-refractivity contribution in [1.29, 1.82) is 0 Å². The molecule has 1 amide bonds. The van der Waals surface area contributed by atoms with Crippen molar-refractivity contribution in [3.05, 3.63) is 83.2 Å². The van der Waals surface area contributed by atoms with Gasteiger partial charge in [0.2, 0.25) is 0 Å². The average Bonchev–Trinajstić information content (AvgIpc) is 3.56. The number of sulfonamides is 1. The number of hydrogen-bond donors (Lipinski definition) is 0. The lowest BCUT2D eigenvalue weighted by atomic mass is 9.98. The molecule has 0 radical (unpaired) electrons. The highest BCUT2D eigenvalue weighted by Crippen LogP contribution is 2.28. The number of para-hydroxylation sites is 1. The zero-order valence-corrected chi connectivity index (χ0v) is 21.7. The summed E-state index contributed by atoms with van der Waals surface area (Å²) in [6.45, 7) is 2.35. The molecule has 2 aliphatic rings. The summed E-state index contributed by atoms with van der Waals surface area (Å²) in [6, 6.07) is 19.5. The van der Waals surface area contributed by atoms with Gasteiger partial charge in [0, 0.05) is 13.1 Å². The average molecular weight is 536 g/mol. The van der Waals surface area contributed by atoms with Gasteiger partial charge in [0.05, 0.1) is 22.9 Å². The van der Waals surface area contributed by atoms with Gasteiger partial charge >= 0.3 is 5.97 Å². The number of nitrogens with zero attached hydrogens (tertiary/aromatic N) is 3. The van der Waals surface area contributed by atoms with Crippen molar-refractivity contribution in [2.45, 2.75) is 24.0 Å². The molecule has 2 aromatic carbocycles. The Morgan fingerprint density at radius 2 is 1.73 bits per heavy atom. The predicted octanol–water partition coefficient (Wildman–Crippen LogP) is 4.56. The Kier molecular flexibility index (Phi) is 7.05. The lowest BCUT2D eigenvalue weighted by Gasteiger charge is -2.29. The van der Waals surface area contributed by atoms with Crippen LogP contribution < -0.4 is 9.75 Å². The molecule has 8 nitrogen and oxygen atoms in total. The van der Waals surface area contributed by atoms with Crippen molar-refractivity contribution >= 4 is 50.7 Å². The number of esters is 1. The van der Waals surface area contributed by atoms with Gasteiger partial charge in [0.25, 0.3) is 15.9 Å². The minimum absolute atomic E-state index is 0.202. The normalized spacial score (nSPS) is 18.3. The third-order valence-electron chi connectivity index (χ3n) is 6.35. The lowest BCUT2D eigenvalue weighted by molar-refractivity contribution is -0.140. The number of hydrazone groups is 1. The van der Waals surface area contributed by atoms with E-state index in [9.17, 15) is 18.0 Å². The number of thiophene rings is 1. The summed E-state index contributed by atoms with van der Waals surface area (Å²) >= 11 is 1.19. The molecule has 0 unspecified atom stereocenters. The van der Waals surface area contributed by atoms with Crippen molar-refractivity contribution in [1.82, 2.24) is 4.31 Å². The van der Waals surface area contributed by atoms with Crippen molar-refractivity contribution < 1.29 is 22.7 Å². The van der Waals surface area contributed by atoms with Crippen LogP contribution in [0, 0.1) is 5.92 Å². The molecule has 37 heavy (non-hydrogen) atoms. The molecule has 3 heterocycles. The van der Waals surface area contributed by atoms with Gasteiger partial charge in [-0.25, -0.2) is 8.42 Å². The van der Waals surface area contributed by atoms with E-state index in [1.54, 1.807) is 54.8 Å². The number of rotatable bonds is 6. The first kappa shape index (κ1) is 25.1. The molecule has 10 heteroatoms. The van der Waals surface area contributed by atoms with Crippen LogP contribution in [0.3, 0.4) is 0 Å². The van der Waals surface area contributed by atoms with E-state index in [0.29, 0.717) is 39.8 Å². The third kappa shape index (κ3) is 5.27. The van der Waals surface area contributed by atoms with E-state index < -0.39 is 10.0 Å². The largest absolute Gasteiger partial charge is 0.426 e. The second kappa shape index (κ2) is 10.4. The summed E-state index contributed by atoms with van der Waals surface area (Å²) in [6.07, 6.45) is 2.58. The summed E-state index contributed by atoms with van der Waals surface area (Å²) < 4.78 is 32.7. The minimum Gasteiger partial charge on any atom is -0.426 e. The zero-order valence-electron chi connectivity index (χ0n) is 20.1. The first-order valence-electron chi connectivity index (χ1n) is 11.8. The molecule has 3 aromatic rings. The van der Waals surface area contributed by atoms with E-state index in [1.165, 1.54) is 20.7 Å². The van der Waals surface area contributed by atoms with E-state index in [1.807, 2.05) is 30.3 Å². The number of ether oxygens (including phenoxy) is 1. The molecule has 0 atom stereocenters. The van der Waals surface area contributed by atoms with Gasteiger partial charge in [-0.2, -0.15) is 14.4 Å². The molecular weight excluding hydrogens is 510 g/mol. The van der Waals surface area contributed by atoms with Gasteiger partial charge in [-0.1, -0.05) is 36.4 Å². The molecule has 5 rings (SSSR count). The molecule has 0 bridgehead atoms. The number of amides is 1. The summed E-state index contributed by atoms with van der Waals surface area (Å²) in [4.78, 5) is 25.6. The Hall–Kier alpha value is -3.60. The van der Waals surface area contributed by atoms with E-state index in [4.69, 9.17) is 4.74 Å². The number of carbonyl (C=O) groups excluding carboxylic acids is 2. The van der Waals surface area contributed by atoms with E-state index >= 15 is 0 Å². The first-order valence-corrected chi connectivity index (χ1v) is 14.2. The standard InChI is InChI=1S/C27H25N3O5S2/c1-19-24(26(31)30(28-19)22-6-3-2-4-7-22)18-20-9-11-23(12-10-20)35-27(32)21-13-15-29(16-14-21)37(33,34)25-8-5-17-36-25/h2-12,17-18,21H,13-16H2,1H3. The number of benzene rings is 2. The maximum atomic E-state index is 12.9. The van der Waals surface area contributed by atoms with Crippen LogP contribution in [-0.2, 0) is 19.6 Å². The maximum absolute atomic E-state index is 12.9. The first-order chi connectivity index (χ1) is 17.8. The molecule has 1 fully saturated rings. The topological polar surface area (TPSA) is 96.3 Å². The molecule has 0 saturated carbocycles. The smallest absolute Gasteiger partial charge is 0.314 e. The highest BCUT2D eigenvalue weighted by molar-refractivity contribution is 7.91. The van der Waals surface area contributed by atoms with Crippen LogP contribution in [-0.4, -0.2) is 43.4 Å². The van der Waals surface area contributed by atoms with E-state index in [2.05, 4.69) is 5.10 Å². The second-order valence-electron chi connectivity index (χ2n) is 8.80. The number of carbonyl (C=O) groups is 2. The number of piperidine rings is 1. The van der Waals surface area contributed by atoms with Crippen LogP contribution in [0.5, 0.6) is 5.75 Å². The Labute approximate surface area is 219 Å². The van der Waals surface area contributed by atoms with Crippen molar-refractivity contribution in [2.24, 2.45) is 11.0 Å². The lowest BCUT2D eigenvalue weighted by Crippen LogP contribution is -2.40. The third-order valence-corrected chi connectivity index (χ3v) is 9.62. The quantitative estimate of drug-likeness (QED) is 0.262. The van der Waals surface area contributed by atoms with Crippen molar-refractivity contribution in [2.75, 3.05) is 18.1 Å². The van der Waals surface area contributed by atoms with Crippen molar-refractivity contribution in [3.8, 4) is 5.75 Å². The fourth-order valence-electron chi connectivity index (χ4n) is 4.30. The summed E-state index contributed by atoms with van der Waals surface area (Å²) in [7, 11) is -3.51. The van der Waals surface area contributed by atoms with Gasteiger partial charge in [0.1, 0.15) is 9.96 Å². The molecule has 1 aromatic heterocycles. The monoisotopic (exact) mass is 535 g/mol. The molecule has 0 spiro atoms. The van der Waals surface area contributed by atoms with E-state index in [0.717, 1.165) is 5.56 Å². The fourth-order valence-corrected chi connectivity index (χ4v) is 6.91. The Morgan fingerprint density at radius 3 is 2.38 bits per heavy atom. The highest BCUT2D eigenvalue weighted by Gasteiger charge is 2.33. The van der Waals surface area contributed by atoms with E-state index in [-0.39, 0.29) is 30.9 Å². The number of hydrogen-bond acceptors (Lipinski definition) is 7. The Bertz CT molecular complexity index is 1460. The Morgan fingerprint density at radius 1 is 1.03 bits per heavy atom. The van der Waals surface area contributed by atoms with Crippen LogP contribution in [0.25, 0.3) is 6.08 Å². The second-order valence-corrected chi connectivity index (χ2v) is 11.9. The summed E-state index contributed by atoms with van der Waals surface area (Å²) in [5, 5.41) is 7.50. The van der Waals surface area contributed by atoms with Gasteiger partial charge < -0.3 is 4.74 Å². The fraction of sp³-hybridized carbons (Fsp3) is 0.222. The molecule has 2 aliphatic heterocycles. The van der Waals surface area contributed by atoms with Crippen LogP contribution in [0.1, 0.15) is 25.3 Å². The molecule has 0 aliphatic carbocycles. The molecule has 1 saturated heterocycles. The van der Waals surface area contributed by atoms with Gasteiger partial charge in [-0.3, -0.25) is 9.59 Å². The van der Waals surface area contributed by atoms with Crippen LogP contribution in [0.15, 0.2) is 87.0 Å². The molecule has 0 N–H and O–H groups in total. The zero-order chi connectivity index (χ0) is 26.0. The maximum Gasteiger partial charge on any atom is 0.314 e. The van der Waals surface area contributed by atoms with Crippen molar-refractivity contribution in [3.63, 3.8) is 0 Å². The van der Waals surface area contributed by atoms with Crippen LogP contribution in [0.2, 0.25) is 0 Å². The van der Waals surface area contributed by atoms with Gasteiger partial charge in [-0.05, 0) is 67.1 Å². The molecular formula is C27H25N3O5S2. The highest BCUT2D eigenvalue weighted by atomic mass is 32.2. The summed E-state index contributed by atoms with van der Waals surface area (Å²) in [5.74, 6) is -0.538. The van der Waals surface area contributed by atoms with Crippen LogP contribution >= 0.6 is 11.3 Å². The SMILES string of the molecule is CC1=NN(c2ccccc2)C(=O)C1=Cc1ccc(OC(=O)C2CCN(S(=O)(=O)c3cccs3)CC2)cc1. The van der Waals surface area contributed by atoms with Gasteiger partial charge in [-0.15, -0.1) is 11.3 Å². The molecule has 190 valence electrons. The summed E-state index contributed by atoms with van der Waals surface area (Å²) in [5.41, 5.74) is 2.60. The Balaban J connectivity index is 1.19. The van der Waals surface area contributed by atoms with Gasteiger partial charge in [0.15, 0.2) is 0 Å².